The molecule has 0 spiro atoms. The molecular formula is C24H14F3NO6. The minimum Gasteiger partial charge on any atom is -0.506 e. The predicted molar refractivity (Wildman–Crippen MR) is 115 cm³/mol. The van der Waals surface area contributed by atoms with E-state index in [0.717, 1.165) is 12.1 Å². The number of aliphatic hydroxyl groups excluding tert-OH is 1. The van der Waals surface area contributed by atoms with Gasteiger partial charge in [-0.3, -0.25) is 14.9 Å². The highest BCUT2D eigenvalue weighted by atomic mass is 19.4. The Balaban J connectivity index is 1.59. The number of fused-ring (bicyclic) bond motifs is 5. The van der Waals surface area contributed by atoms with E-state index < -0.39 is 33.9 Å². The number of ether oxygens (including phenoxy) is 1. The van der Waals surface area contributed by atoms with Crippen LogP contribution in [-0.2, 0) is 12.6 Å². The lowest BCUT2D eigenvalue weighted by molar-refractivity contribution is -0.385. The van der Waals surface area contributed by atoms with Crippen LogP contribution >= 0.6 is 0 Å². The standard InChI is InChI=1S/C24H14F3NO6/c1-2-11-3-5-13(33-16-6-4-12(28(31)32)9-15(16)24(25,26)27)10-14(11)19-22(29)20-17-7-8-18(34-17)21(20)23(19)30/h3-10,29H,2H2,1H3. The highest BCUT2D eigenvalue weighted by molar-refractivity contribution is 6.42. The Bertz CT molecular complexity index is 1520. The van der Waals surface area contributed by atoms with Gasteiger partial charge in [0.05, 0.1) is 21.6 Å². The number of carbonyl (C=O) groups is 1. The van der Waals surface area contributed by atoms with Gasteiger partial charge in [-0.05, 0) is 47.9 Å². The molecule has 0 unspecified atom stereocenters. The number of nitro benzene ring substituents is 1. The summed E-state index contributed by atoms with van der Waals surface area (Å²) in [5.74, 6) is -1.40. The Morgan fingerprint density at radius 3 is 2.38 bits per heavy atom. The number of alkyl halides is 3. The van der Waals surface area contributed by atoms with Crippen molar-refractivity contribution in [2.45, 2.75) is 19.5 Å². The second kappa shape index (κ2) is 7.34. The lowest BCUT2D eigenvalue weighted by Crippen LogP contribution is -2.08. The van der Waals surface area contributed by atoms with Gasteiger partial charge in [-0.15, -0.1) is 0 Å². The van der Waals surface area contributed by atoms with Gasteiger partial charge in [0.2, 0.25) is 5.78 Å². The fourth-order valence-electron chi connectivity index (χ4n) is 4.15. The van der Waals surface area contributed by atoms with Crippen LogP contribution in [-0.4, -0.2) is 15.8 Å². The summed E-state index contributed by atoms with van der Waals surface area (Å²) in [6.45, 7) is 1.83. The van der Waals surface area contributed by atoms with Crippen molar-refractivity contribution in [3.63, 3.8) is 0 Å². The first kappa shape index (κ1) is 21.5. The average molecular weight is 469 g/mol. The van der Waals surface area contributed by atoms with Crippen molar-refractivity contribution in [1.82, 2.24) is 0 Å². The number of nitro groups is 1. The number of ketones is 1. The summed E-state index contributed by atoms with van der Waals surface area (Å²) in [6, 6.07) is 9.82. The topological polar surface area (TPSA) is 103 Å². The normalized spacial score (nSPS) is 13.7. The van der Waals surface area contributed by atoms with Crippen molar-refractivity contribution < 1.29 is 37.1 Å². The minimum atomic E-state index is -4.90. The molecule has 2 heterocycles. The first-order chi connectivity index (χ1) is 16.1. The molecule has 7 nitrogen and oxygen atoms in total. The van der Waals surface area contributed by atoms with Gasteiger partial charge in [0.25, 0.3) is 5.69 Å². The number of carbonyl (C=O) groups excluding carboxylic acids is 1. The number of hydrogen-bond acceptors (Lipinski definition) is 6. The second-order valence-corrected chi connectivity index (χ2v) is 7.68. The number of aryl methyl sites for hydroxylation is 1. The number of Topliss-reactive ketones (excluding diaryl/α,β-unsaturated/α-hetero) is 1. The van der Waals surface area contributed by atoms with E-state index >= 15 is 0 Å². The molecule has 1 aliphatic rings. The van der Waals surface area contributed by atoms with Crippen molar-refractivity contribution in [2.24, 2.45) is 0 Å². The van der Waals surface area contributed by atoms with Crippen molar-refractivity contribution >= 4 is 34.0 Å². The zero-order chi connectivity index (χ0) is 24.4. The van der Waals surface area contributed by atoms with Crippen molar-refractivity contribution in [3.8, 4) is 11.5 Å². The van der Waals surface area contributed by atoms with Crippen LogP contribution in [0.5, 0.6) is 11.5 Å². The van der Waals surface area contributed by atoms with Crippen LogP contribution in [0.2, 0.25) is 0 Å². The molecule has 0 amide bonds. The van der Waals surface area contributed by atoms with Gasteiger partial charge >= 0.3 is 6.18 Å². The third kappa shape index (κ3) is 3.18. The highest BCUT2D eigenvalue weighted by Gasteiger charge is 2.39. The Hall–Kier alpha value is -4.34. The van der Waals surface area contributed by atoms with Crippen LogP contribution in [0, 0.1) is 10.1 Å². The number of allylic oxidation sites excluding steroid dienone is 1. The molecule has 1 aliphatic carbocycles. The summed E-state index contributed by atoms with van der Waals surface area (Å²) < 4.78 is 51.5. The predicted octanol–water partition coefficient (Wildman–Crippen LogP) is 6.77. The summed E-state index contributed by atoms with van der Waals surface area (Å²) in [5.41, 5.74) is 0.180. The molecule has 34 heavy (non-hydrogen) atoms. The van der Waals surface area contributed by atoms with E-state index in [4.69, 9.17) is 9.15 Å². The minimum absolute atomic E-state index is 0.00837. The van der Waals surface area contributed by atoms with E-state index in [-0.39, 0.29) is 22.6 Å². The molecule has 2 aromatic carbocycles. The maximum absolute atomic E-state index is 13.5. The van der Waals surface area contributed by atoms with Gasteiger partial charge in [-0.25, -0.2) is 0 Å². The van der Waals surface area contributed by atoms with Gasteiger partial charge in [0.15, 0.2) is 0 Å². The molecule has 2 aromatic heterocycles. The number of furan rings is 2. The Labute approximate surface area is 189 Å². The summed E-state index contributed by atoms with van der Waals surface area (Å²) in [5, 5.41) is 21.8. The molecule has 0 fully saturated rings. The third-order valence-corrected chi connectivity index (χ3v) is 5.72. The van der Waals surface area contributed by atoms with Gasteiger partial charge in [-0.2, -0.15) is 13.2 Å². The lowest BCUT2D eigenvalue weighted by atomic mass is 9.95. The molecule has 5 rings (SSSR count). The van der Waals surface area contributed by atoms with Crippen LogP contribution in [0.3, 0.4) is 0 Å². The summed E-state index contributed by atoms with van der Waals surface area (Å²) in [6.07, 6.45) is -4.43. The molecule has 0 atom stereocenters. The first-order valence-electron chi connectivity index (χ1n) is 10.1. The number of halogens is 3. The SMILES string of the molecule is CCc1ccc(Oc2ccc([N+](=O)[O-])cc2C(F)(F)F)cc1C1=C(O)c2c(c3ccc2o3)C1=O. The second-order valence-electron chi connectivity index (χ2n) is 7.68. The fourth-order valence-corrected chi connectivity index (χ4v) is 4.15. The van der Waals surface area contributed by atoms with E-state index in [1.54, 1.807) is 18.2 Å². The molecular weight excluding hydrogens is 455 g/mol. The van der Waals surface area contributed by atoms with E-state index in [2.05, 4.69) is 0 Å². The smallest absolute Gasteiger partial charge is 0.420 e. The molecule has 172 valence electrons. The Kier molecular flexibility index (Phi) is 4.64. The number of rotatable bonds is 5. The Morgan fingerprint density at radius 1 is 1.06 bits per heavy atom. The summed E-state index contributed by atoms with van der Waals surface area (Å²) in [4.78, 5) is 23.1. The molecule has 0 aliphatic heterocycles. The van der Waals surface area contributed by atoms with E-state index in [0.29, 0.717) is 40.3 Å². The van der Waals surface area contributed by atoms with E-state index in [9.17, 15) is 33.2 Å². The van der Waals surface area contributed by atoms with Crippen molar-refractivity contribution in [1.29, 1.82) is 0 Å². The van der Waals surface area contributed by atoms with Gasteiger partial charge in [0.1, 0.15) is 34.0 Å². The largest absolute Gasteiger partial charge is 0.506 e. The van der Waals surface area contributed by atoms with Gasteiger partial charge < -0.3 is 14.3 Å². The monoisotopic (exact) mass is 469 g/mol. The number of aliphatic hydroxyl groups is 1. The van der Waals surface area contributed by atoms with Crippen molar-refractivity contribution in [3.05, 3.63) is 86.5 Å². The van der Waals surface area contributed by atoms with Crippen LogP contribution in [0.4, 0.5) is 18.9 Å². The van der Waals surface area contributed by atoms with Gasteiger partial charge in [-0.1, -0.05) is 13.0 Å². The van der Waals surface area contributed by atoms with E-state index in [1.807, 2.05) is 6.92 Å². The van der Waals surface area contributed by atoms with Crippen LogP contribution in [0.15, 0.2) is 52.9 Å². The maximum Gasteiger partial charge on any atom is 0.420 e. The molecule has 1 N–H and O–H groups in total. The molecule has 4 aromatic rings. The molecule has 10 heteroatoms. The van der Waals surface area contributed by atoms with Gasteiger partial charge in [0, 0.05) is 12.1 Å². The number of hydrogen-bond donors (Lipinski definition) is 1. The maximum atomic E-state index is 13.5. The molecule has 2 bridgehead atoms. The summed E-state index contributed by atoms with van der Waals surface area (Å²) >= 11 is 0. The molecule has 0 radical (unpaired) electrons. The fraction of sp³-hybridized carbons (Fsp3) is 0.125. The number of benzene rings is 3. The Morgan fingerprint density at radius 2 is 1.76 bits per heavy atom. The average Bonchev–Trinajstić information content (AvgIpc) is 3.47. The zero-order valence-electron chi connectivity index (χ0n) is 17.4. The number of non-ortho nitro benzene ring substituents is 1. The third-order valence-electron chi connectivity index (χ3n) is 5.72. The zero-order valence-corrected chi connectivity index (χ0v) is 17.4. The van der Waals surface area contributed by atoms with Crippen LogP contribution in [0.25, 0.3) is 22.5 Å². The lowest BCUT2D eigenvalue weighted by Gasteiger charge is -2.16. The summed E-state index contributed by atoms with van der Waals surface area (Å²) in [7, 11) is 0. The molecule has 0 saturated carbocycles. The highest BCUT2D eigenvalue weighted by Crippen LogP contribution is 2.46. The quantitative estimate of drug-likeness (QED) is 0.255. The van der Waals surface area contributed by atoms with Crippen LogP contribution < -0.4 is 4.74 Å². The van der Waals surface area contributed by atoms with Crippen molar-refractivity contribution in [2.75, 3.05) is 0 Å². The van der Waals surface area contributed by atoms with E-state index in [1.165, 1.54) is 12.1 Å². The first-order valence-corrected chi connectivity index (χ1v) is 10.1. The number of nitrogens with zero attached hydrogens (tertiary/aromatic N) is 1. The van der Waals surface area contributed by atoms with Crippen LogP contribution in [0.1, 0.15) is 39.5 Å². The molecule has 0 saturated heterocycles.